The van der Waals surface area contributed by atoms with Crippen molar-refractivity contribution in [2.45, 2.75) is 0 Å². The molecule has 0 saturated carbocycles. The van der Waals surface area contributed by atoms with E-state index in [9.17, 15) is 0 Å². The third-order valence-electron chi connectivity index (χ3n) is 2.11. The second-order valence-corrected chi connectivity index (χ2v) is 2.73. The lowest BCUT2D eigenvalue weighted by Crippen LogP contribution is -1.88. The van der Waals surface area contributed by atoms with Gasteiger partial charge in [0.2, 0.25) is 0 Å². The van der Waals surface area contributed by atoms with Crippen LogP contribution in [0.15, 0.2) is 18.7 Å². The molecule has 0 N–H and O–H groups in total. The van der Waals surface area contributed by atoms with Crippen molar-refractivity contribution >= 4 is 5.57 Å². The normalized spacial score (nSPS) is 12.3. The van der Waals surface area contributed by atoms with Crippen molar-refractivity contribution in [2.75, 3.05) is 14.2 Å². The van der Waals surface area contributed by atoms with E-state index in [2.05, 4.69) is 6.58 Å². The van der Waals surface area contributed by atoms with E-state index >= 15 is 0 Å². The van der Waals surface area contributed by atoms with Crippen LogP contribution in [0.4, 0.5) is 0 Å². The van der Waals surface area contributed by atoms with Crippen LogP contribution >= 0.6 is 0 Å². The fourth-order valence-electron chi connectivity index (χ4n) is 1.31. The topological polar surface area (TPSA) is 18.5 Å². The Morgan fingerprint density at radius 3 is 1.75 bits per heavy atom. The van der Waals surface area contributed by atoms with Crippen molar-refractivity contribution in [1.29, 1.82) is 0 Å². The second kappa shape index (κ2) is 2.27. The van der Waals surface area contributed by atoms with Crippen LogP contribution in [0, 0.1) is 0 Å². The molecule has 0 radical (unpaired) electrons. The number of ether oxygens (including phenoxy) is 2. The van der Waals surface area contributed by atoms with Gasteiger partial charge in [-0.05, 0) is 28.8 Å². The van der Waals surface area contributed by atoms with Gasteiger partial charge in [-0.3, -0.25) is 0 Å². The van der Waals surface area contributed by atoms with Gasteiger partial charge in [0.1, 0.15) is 0 Å². The summed E-state index contributed by atoms with van der Waals surface area (Å²) in [4.78, 5) is 0. The Labute approximate surface area is 71.4 Å². The lowest BCUT2D eigenvalue weighted by atomic mass is 10.3. The Bertz CT molecular complexity index is 320. The van der Waals surface area contributed by atoms with Crippen molar-refractivity contribution in [1.82, 2.24) is 0 Å². The van der Waals surface area contributed by atoms with Crippen LogP contribution in [0.2, 0.25) is 0 Å². The highest BCUT2D eigenvalue weighted by molar-refractivity contribution is 6.00. The number of benzene rings is 1. The molecule has 1 aromatic carbocycles. The van der Waals surface area contributed by atoms with Crippen molar-refractivity contribution in [3.8, 4) is 11.5 Å². The average Bonchev–Trinajstić information content (AvgIpc) is 2.74. The molecule has 1 aromatic rings. The van der Waals surface area contributed by atoms with E-state index in [0.717, 1.165) is 17.1 Å². The predicted molar refractivity (Wildman–Crippen MR) is 47.7 cm³/mol. The van der Waals surface area contributed by atoms with Gasteiger partial charge in [0.25, 0.3) is 0 Å². The fourth-order valence-corrected chi connectivity index (χ4v) is 1.31. The molecule has 62 valence electrons. The summed E-state index contributed by atoms with van der Waals surface area (Å²) in [6, 6.07) is 3.91. The third-order valence-corrected chi connectivity index (χ3v) is 2.11. The van der Waals surface area contributed by atoms with E-state index in [-0.39, 0.29) is 0 Å². The van der Waals surface area contributed by atoms with Gasteiger partial charge < -0.3 is 9.47 Å². The molecule has 0 saturated heterocycles. The molecular weight excluding hydrogens is 152 g/mol. The van der Waals surface area contributed by atoms with Crippen molar-refractivity contribution in [3.05, 3.63) is 29.8 Å². The SMILES string of the molecule is C=C1c2cc(OC)c(OC)cc21. The van der Waals surface area contributed by atoms with E-state index < -0.39 is 0 Å². The molecule has 0 heterocycles. The fraction of sp³-hybridized carbons (Fsp3) is 0.200. The quantitative estimate of drug-likeness (QED) is 0.673. The monoisotopic (exact) mass is 162 g/mol. The van der Waals surface area contributed by atoms with Gasteiger partial charge in [-0.15, -0.1) is 0 Å². The molecule has 0 unspecified atom stereocenters. The minimum absolute atomic E-state index is 0.773. The highest BCUT2D eigenvalue weighted by Gasteiger charge is 2.25. The summed E-state index contributed by atoms with van der Waals surface area (Å²) in [7, 11) is 3.27. The van der Waals surface area contributed by atoms with Gasteiger partial charge in [-0.2, -0.15) is 0 Å². The predicted octanol–water partition coefficient (Wildman–Crippen LogP) is 2.08. The molecule has 0 fully saturated rings. The van der Waals surface area contributed by atoms with E-state index in [0.29, 0.717) is 0 Å². The Morgan fingerprint density at radius 1 is 1.00 bits per heavy atom. The Kier molecular flexibility index (Phi) is 1.37. The summed E-state index contributed by atoms with van der Waals surface area (Å²) in [6.07, 6.45) is 0. The van der Waals surface area contributed by atoms with Gasteiger partial charge in [-0.25, -0.2) is 0 Å². The van der Waals surface area contributed by atoms with Crippen LogP contribution in [-0.4, -0.2) is 14.2 Å². The lowest BCUT2D eigenvalue weighted by molar-refractivity contribution is 0.355. The molecule has 12 heavy (non-hydrogen) atoms. The first-order valence-corrected chi connectivity index (χ1v) is 3.73. The van der Waals surface area contributed by atoms with Crippen LogP contribution in [0.5, 0.6) is 11.5 Å². The molecule has 2 rings (SSSR count). The number of fused-ring (bicyclic) bond motifs is 1. The number of methoxy groups -OCH3 is 2. The molecule has 1 aliphatic carbocycles. The van der Waals surface area contributed by atoms with Gasteiger partial charge in [0.05, 0.1) is 14.2 Å². The zero-order chi connectivity index (χ0) is 8.72. The molecular formula is C10H10O2. The Balaban J connectivity index is 2.51. The summed E-state index contributed by atoms with van der Waals surface area (Å²) < 4.78 is 10.3. The number of hydrogen-bond donors (Lipinski definition) is 0. The van der Waals surface area contributed by atoms with Crippen LogP contribution in [-0.2, 0) is 0 Å². The molecule has 2 heteroatoms. The first-order chi connectivity index (χ1) is 5.77. The molecule has 0 aromatic heterocycles. The van der Waals surface area contributed by atoms with Crippen molar-refractivity contribution in [3.63, 3.8) is 0 Å². The number of rotatable bonds is 2. The van der Waals surface area contributed by atoms with Gasteiger partial charge in [0, 0.05) is 0 Å². The van der Waals surface area contributed by atoms with Gasteiger partial charge in [0.15, 0.2) is 11.5 Å². The van der Waals surface area contributed by atoms with Crippen LogP contribution in [0.1, 0.15) is 11.1 Å². The largest absolute Gasteiger partial charge is 0.493 e. The standard InChI is InChI=1S/C10H10O2/c1-6-7-4-9(11-2)10(12-3)5-8(6)7/h4-5H,1H2,2-3H3. The minimum atomic E-state index is 0.773. The molecule has 0 atom stereocenters. The second-order valence-electron chi connectivity index (χ2n) is 2.73. The van der Waals surface area contributed by atoms with Crippen LogP contribution < -0.4 is 9.47 Å². The van der Waals surface area contributed by atoms with Crippen LogP contribution in [0.3, 0.4) is 0 Å². The summed E-state index contributed by atoms with van der Waals surface area (Å²) in [6.45, 7) is 3.87. The highest BCUT2D eigenvalue weighted by Crippen LogP contribution is 2.46. The first kappa shape index (κ1) is 7.22. The third kappa shape index (κ3) is 0.811. The van der Waals surface area contributed by atoms with Gasteiger partial charge >= 0.3 is 0 Å². The van der Waals surface area contributed by atoms with E-state index in [4.69, 9.17) is 9.47 Å². The molecule has 0 bridgehead atoms. The Morgan fingerprint density at radius 2 is 1.42 bits per heavy atom. The molecule has 0 amide bonds. The molecule has 0 aliphatic heterocycles. The van der Waals surface area contributed by atoms with E-state index in [1.165, 1.54) is 11.1 Å². The summed E-state index contributed by atoms with van der Waals surface area (Å²) >= 11 is 0. The zero-order valence-corrected chi connectivity index (χ0v) is 7.18. The maximum atomic E-state index is 5.13. The van der Waals surface area contributed by atoms with E-state index in [1.807, 2.05) is 12.1 Å². The smallest absolute Gasteiger partial charge is 0.161 e. The summed E-state index contributed by atoms with van der Waals surface area (Å²) in [5.74, 6) is 1.55. The molecule has 0 spiro atoms. The number of hydrogen-bond acceptors (Lipinski definition) is 2. The van der Waals surface area contributed by atoms with Crippen molar-refractivity contribution in [2.24, 2.45) is 0 Å². The minimum Gasteiger partial charge on any atom is -0.493 e. The zero-order valence-electron chi connectivity index (χ0n) is 7.18. The maximum absolute atomic E-state index is 5.13. The summed E-state index contributed by atoms with van der Waals surface area (Å²) in [5.41, 5.74) is 3.47. The van der Waals surface area contributed by atoms with Crippen molar-refractivity contribution < 1.29 is 9.47 Å². The summed E-state index contributed by atoms with van der Waals surface area (Å²) in [5, 5.41) is 0. The lowest BCUT2D eigenvalue weighted by Gasteiger charge is -2.04. The Hall–Kier alpha value is -1.44. The first-order valence-electron chi connectivity index (χ1n) is 3.73. The maximum Gasteiger partial charge on any atom is 0.161 e. The van der Waals surface area contributed by atoms with Gasteiger partial charge in [-0.1, -0.05) is 6.58 Å². The van der Waals surface area contributed by atoms with Crippen LogP contribution in [0.25, 0.3) is 5.57 Å². The average molecular weight is 162 g/mol. The molecule has 1 aliphatic rings. The highest BCUT2D eigenvalue weighted by atomic mass is 16.5. The molecule has 2 nitrogen and oxygen atoms in total. The van der Waals surface area contributed by atoms with E-state index in [1.54, 1.807) is 14.2 Å².